The summed E-state index contributed by atoms with van der Waals surface area (Å²) >= 11 is 25.6. The summed E-state index contributed by atoms with van der Waals surface area (Å²) < 4.78 is 29.4. The lowest BCUT2D eigenvalue weighted by Crippen LogP contribution is -2.54. The molecular weight excluding hydrogens is 700 g/mol. The molecule has 0 spiro atoms. The van der Waals surface area contributed by atoms with E-state index >= 15 is 0 Å². The molecule has 0 aliphatic rings. The molecular formula is C35H35Cl4N3O4S. The molecule has 0 aliphatic carbocycles. The Kier molecular flexibility index (Phi) is 12.6. The average molecular weight is 736 g/mol. The molecule has 4 aromatic rings. The second-order valence-corrected chi connectivity index (χ2v) is 14.7. The molecule has 0 aliphatic heterocycles. The summed E-state index contributed by atoms with van der Waals surface area (Å²) in [5.41, 5.74) is 2.20. The monoisotopic (exact) mass is 733 g/mol. The molecule has 0 saturated heterocycles. The summed E-state index contributed by atoms with van der Waals surface area (Å²) in [6.45, 7) is 4.82. The highest BCUT2D eigenvalue weighted by Crippen LogP contribution is 2.32. The van der Waals surface area contributed by atoms with E-state index in [2.05, 4.69) is 5.32 Å². The van der Waals surface area contributed by atoms with Gasteiger partial charge in [0, 0.05) is 34.6 Å². The molecule has 0 fully saturated rings. The van der Waals surface area contributed by atoms with Crippen LogP contribution in [-0.4, -0.2) is 43.8 Å². The van der Waals surface area contributed by atoms with E-state index in [1.165, 1.54) is 35.2 Å². The van der Waals surface area contributed by atoms with E-state index in [1.807, 2.05) is 51.1 Å². The van der Waals surface area contributed by atoms with Gasteiger partial charge < -0.3 is 10.2 Å². The summed E-state index contributed by atoms with van der Waals surface area (Å²) in [6, 6.07) is 23.6. The van der Waals surface area contributed by atoms with Crippen LogP contribution >= 0.6 is 46.4 Å². The largest absolute Gasteiger partial charge is 0.352 e. The Balaban J connectivity index is 1.86. The summed E-state index contributed by atoms with van der Waals surface area (Å²) in [4.78, 5) is 29.9. The van der Waals surface area contributed by atoms with Crippen molar-refractivity contribution in [1.82, 2.24) is 10.2 Å². The number of nitrogens with zero attached hydrogens (tertiary/aromatic N) is 2. The van der Waals surface area contributed by atoms with Crippen LogP contribution in [0, 0.1) is 6.92 Å². The van der Waals surface area contributed by atoms with Gasteiger partial charge in [0.1, 0.15) is 12.6 Å². The molecule has 1 N–H and O–H groups in total. The number of anilines is 1. The minimum atomic E-state index is -4.31. The fourth-order valence-corrected chi connectivity index (χ4v) is 7.07. The molecule has 2 atom stereocenters. The van der Waals surface area contributed by atoms with Gasteiger partial charge in [0.05, 0.1) is 20.6 Å². The maximum atomic E-state index is 14.6. The van der Waals surface area contributed by atoms with Crippen molar-refractivity contribution in [3.05, 3.63) is 128 Å². The fourth-order valence-electron chi connectivity index (χ4n) is 4.86. The van der Waals surface area contributed by atoms with Gasteiger partial charge in [-0.1, -0.05) is 107 Å². The molecule has 0 bridgehead atoms. The van der Waals surface area contributed by atoms with Crippen molar-refractivity contribution in [2.45, 2.75) is 57.1 Å². The number of benzene rings is 4. The van der Waals surface area contributed by atoms with Crippen LogP contribution in [0.1, 0.15) is 37.0 Å². The van der Waals surface area contributed by atoms with Crippen LogP contribution in [0.15, 0.2) is 95.9 Å². The molecule has 4 aromatic carbocycles. The summed E-state index contributed by atoms with van der Waals surface area (Å²) in [7, 11) is -4.31. The molecule has 2 unspecified atom stereocenters. The zero-order chi connectivity index (χ0) is 34.3. The summed E-state index contributed by atoms with van der Waals surface area (Å²) in [5, 5.41) is 3.91. The van der Waals surface area contributed by atoms with Gasteiger partial charge in [0.25, 0.3) is 10.0 Å². The number of carbonyl (C=O) groups is 2. The Morgan fingerprint density at radius 2 is 1.45 bits per heavy atom. The van der Waals surface area contributed by atoms with Crippen LogP contribution in [-0.2, 0) is 32.6 Å². The molecule has 0 heterocycles. The first-order valence-electron chi connectivity index (χ1n) is 14.9. The van der Waals surface area contributed by atoms with E-state index in [0.717, 1.165) is 15.4 Å². The molecule has 47 heavy (non-hydrogen) atoms. The number of hydrogen-bond acceptors (Lipinski definition) is 4. The van der Waals surface area contributed by atoms with Crippen LogP contribution in [0.5, 0.6) is 0 Å². The van der Waals surface area contributed by atoms with Crippen LogP contribution in [0.3, 0.4) is 0 Å². The summed E-state index contributed by atoms with van der Waals surface area (Å²) in [5.74, 6) is -1.06. The Labute approximate surface area is 296 Å². The van der Waals surface area contributed by atoms with Crippen LogP contribution in [0.4, 0.5) is 5.69 Å². The maximum Gasteiger partial charge on any atom is 0.264 e. The highest BCUT2D eigenvalue weighted by Gasteiger charge is 2.35. The van der Waals surface area contributed by atoms with Crippen molar-refractivity contribution in [2.24, 2.45) is 0 Å². The molecule has 0 aromatic heterocycles. The minimum absolute atomic E-state index is 0.0296. The number of halogens is 4. The van der Waals surface area contributed by atoms with Crippen molar-refractivity contribution in [1.29, 1.82) is 0 Å². The average Bonchev–Trinajstić information content (AvgIpc) is 3.04. The zero-order valence-electron chi connectivity index (χ0n) is 26.1. The van der Waals surface area contributed by atoms with Crippen LogP contribution in [0.2, 0.25) is 20.1 Å². The van der Waals surface area contributed by atoms with Gasteiger partial charge in [-0.3, -0.25) is 13.9 Å². The second kappa shape index (κ2) is 16.2. The van der Waals surface area contributed by atoms with Crippen molar-refractivity contribution >= 4 is 73.9 Å². The summed E-state index contributed by atoms with van der Waals surface area (Å²) in [6.07, 6.45) is 0.808. The van der Waals surface area contributed by atoms with Gasteiger partial charge >= 0.3 is 0 Å². The van der Waals surface area contributed by atoms with Gasteiger partial charge in [0.2, 0.25) is 11.8 Å². The fraction of sp³-hybridized carbons (Fsp3) is 0.257. The maximum absolute atomic E-state index is 14.6. The van der Waals surface area contributed by atoms with E-state index in [1.54, 1.807) is 30.3 Å². The number of amides is 2. The third kappa shape index (κ3) is 9.21. The smallest absolute Gasteiger partial charge is 0.264 e. The Morgan fingerprint density at radius 1 is 0.809 bits per heavy atom. The highest BCUT2D eigenvalue weighted by atomic mass is 35.5. The van der Waals surface area contributed by atoms with Gasteiger partial charge in [0.15, 0.2) is 0 Å². The lowest BCUT2D eigenvalue weighted by Gasteiger charge is -2.34. The number of carbonyl (C=O) groups excluding carboxylic acids is 2. The van der Waals surface area contributed by atoms with Gasteiger partial charge in [-0.25, -0.2) is 8.42 Å². The van der Waals surface area contributed by atoms with E-state index in [4.69, 9.17) is 46.4 Å². The number of hydrogen-bond donors (Lipinski definition) is 1. The number of sulfonamides is 1. The molecule has 2 amide bonds. The first-order chi connectivity index (χ1) is 22.3. The van der Waals surface area contributed by atoms with Crippen molar-refractivity contribution in [2.75, 3.05) is 10.8 Å². The standard InChI is InChI=1S/C35H35Cl4N3O4S/c1-4-24(3)40-35(44)33(19-25-9-6-5-7-10-25)41(21-28-29(36)11-8-12-30(28)37)34(43)22-42(26-15-18-31(38)32(39)20-26)47(45,46)27-16-13-23(2)14-17-27/h5-18,20,24,33H,4,19,21-22H2,1-3H3,(H,40,44). The molecule has 0 radical (unpaired) electrons. The van der Waals surface area contributed by atoms with E-state index in [-0.39, 0.29) is 39.6 Å². The first kappa shape index (κ1) is 36.6. The third-order valence-electron chi connectivity index (χ3n) is 7.74. The topological polar surface area (TPSA) is 86.8 Å². The van der Waals surface area contributed by atoms with Crippen molar-refractivity contribution < 1.29 is 18.0 Å². The third-order valence-corrected chi connectivity index (χ3v) is 11.0. The zero-order valence-corrected chi connectivity index (χ0v) is 29.9. The van der Waals surface area contributed by atoms with Crippen LogP contribution < -0.4 is 9.62 Å². The van der Waals surface area contributed by atoms with Gasteiger partial charge in [-0.2, -0.15) is 0 Å². The Morgan fingerprint density at radius 3 is 2.04 bits per heavy atom. The number of aryl methyl sites for hydroxylation is 1. The van der Waals surface area contributed by atoms with E-state index < -0.39 is 34.4 Å². The van der Waals surface area contributed by atoms with Gasteiger partial charge in [-0.15, -0.1) is 0 Å². The second-order valence-electron chi connectivity index (χ2n) is 11.2. The lowest BCUT2D eigenvalue weighted by atomic mass is 10.0. The SMILES string of the molecule is CCC(C)NC(=O)C(Cc1ccccc1)N(Cc1c(Cl)cccc1Cl)C(=O)CN(c1ccc(Cl)c(Cl)c1)S(=O)(=O)c1ccc(C)cc1. The highest BCUT2D eigenvalue weighted by molar-refractivity contribution is 7.92. The van der Waals surface area contributed by atoms with Gasteiger partial charge in [-0.05, 0) is 68.3 Å². The number of nitrogens with one attached hydrogen (secondary N) is 1. The Bertz CT molecular complexity index is 1800. The Hall–Kier alpha value is -3.27. The predicted octanol–water partition coefficient (Wildman–Crippen LogP) is 8.36. The molecule has 12 heteroatoms. The predicted molar refractivity (Wildman–Crippen MR) is 191 cm³/mol. The van der Waals surface area contributed by atoms with E-state index in [9.17, 15) is 18.0 Å². The normalized spacial score (nSPS) is 12.7. The number of rotatable bonds is 13. The van der Waals surface area contributed by atoms with E-state index in [0.29, 0.717) is 22.0 Å². The lowest BCUT2D eigenvalue weighted by molar-refractivity contribution is -0.140. The first-order valence-corrected chi connectivity index (χ1v) is 17.9. The molecule has 248 valence electrons. The minimum Gasteiger partial charge on any atom is -0.352 e. The van der Waals surface area contributed by atoms with Crippen LogP contribution in [0.25, 0.3) is 0 Å². The molecule has 7 nitrogen and oxygen atoms in total. The quantitative estimate of drug-likeness (QED) is 0.150. The van der Waals surface area contributed by atoms with Crippen molar-refractivity contribution in [3.63, 3.8) is 0 Å². The molecule has 0 saturated carbocycles. The molecule has 4 rings (SSSR count). The van der Waals surface area contributed by atoms with Crippen molar-refractivity contribution in [3.8, 4) is 0 Å².